The zero-order valence-corrected chi connectivity index (χ0v) is 20.2. The summed E-state index contributed by atoms with van der Waals surface area (Å²) in [6, 6.07) is 6.91. The molecule has 1 aromatic rings. The maximum atomic E-state index is 13.9. The molecule has 184 valence electrons. The van der Waals surface area contributed by atoms with E-state index in [1.807, 2.05) is 11.0 Å². The third kappa shape index (κ3) is 6.22. The summed E-state index contributed by atoms with van der Waals surface area (Å²) >= 11 is 0. The highest BCUT2D eigenvalue weighted by Crippen LogP contribution is 2.28. The minimum absolute atomic E-state index is 0.234. The lowest BCUT2D eigenvalue weighted by Crippen LogP contribution is -2.53. The summed E-state index contributed by atoms with van der Waals surface area (Å²) < 4.78 is 26.3. The molecule has 0 spiro atoms. The molecule has 2 heterocycles. The van der Waals surface area contributed by atoms with E-state index in [4.69, 9.17) is 0 Å². The molecule has 0 atom stereocenters. The van der Waals surface area contributed by atoms with Crippen LogP contribution in [0.3, 0.4) is 0 Å². The van der Waals surface area contributed by atoms with Crippen LogP contribution in [0, 0.1) is 0 Å². The van der Waals surface area contributed by atoms with E-state index >= 15 is 0 Å². The molecule has 1 saturated heterocycles. The van der Waals surface area contributed by atoms with Gasteiger partial charge in [-0.15, -0.1) is 6.58 Å². The number of amides is 1. The summed E-state index contributed by atoms with van der Waals surface area (Å²) in [5, 5.41) is 0. The summed E-state index contributed by atoms with van der Waals surface area (Å²) in [5.41, 5.74) is 4.17. The average Bonchev–Trinajstić information content (AvgIpc) is 3.39. The highest BCUT2D eigenvalue weighted by Gasteiger charge is 2.29. The number of fused-ring (bicyclic) bond motifs is 1. The van der Waals surface area contributed by atoms with Gasteiger partial charge in [-0.05, 0) is 60.1 Å². The van der Waals surface area contributed by atoms with Crippen LogP contribution in [0.5, 0.6) is 0 Å². The number of halogens is 2. The number of rotatable bonds is 8. The van der Waals surface area contributed by atoms with Crippen LogP contribution in [0.25, 0.3) is 5.57 Å². The summed E-state index contributed by atoms with van der Waals surface area (Å²) in [6.45, 7) is 8.68. The van der Waals surface area contributed by atoms with Gasteiger partial charge in [-0.25, -0.2) is 8.78 Å². The Balaban J connectivity index is 1.33. The zero-order valence-electron chi connectivity index (χ0n) is 20.2. The molecule has 0 N–H and O–H groups in total. The Labute approximate surface area is 202 Å². The Hall–Kier alpha value is -2.31. The maximum absolute atomic E-state index is 13.9. The second kappa shape index (κ2) is 11.9. The molecule has 1 aliphatic carbocycles. The second-order valence-electron chi connectivity index (χ2n) is 9.70. The number of carbonyl (C=O) groups excluding carboxylic acids is 1. The third-order valence-corrected chi connectivity index (χ3v) is 7.48. The van der Waals surface area contributed by atoms with Gasteiger partial charge in [0.1, 0.15) is 12.5 Å². The van der Waals surface area contributed by atoms with Gasteiger partial charge < -0.3 is 4.90 Å². The van der Waals surface area contributed by atoms with Gasteiger partial charge in [-0.1, -0.05) is 37.1 Å². The van der Waals surface area contributed by atoms with Gasteiger partial charge in [0.25, 0.3) is 0 Å². The normalized spacial score (nSPS) is 21.1. The first-order valence-electron chi connectivity index (χ1n) is 12.7. The highest BCUT2D eigenvalue weighted by atomic mass is 19.1. The molecular formula is C28H37F2N3O. The first-order chi connectivity index (χ1) is 16.6. The molecule has 1 saturated carbocycles. The van der Waals surface area contributed by atoms with Gasteiger partial charge in [0, 0.05) is 45.3 Å². The molecule has 0 bridgehead atoms. The maximum Gasteiger partial charge on any atom is 0.236 e. The van der Waals surface area contributed by atoms with Crippen LogP contribution in [-0.2, 0) is 17.8 Å². The van der Waals surface area contributed by atoms with Crippen molar-refractivity contribution < 1.29 is 13.6 Å². The van der Waals surface area contributed by atoms with Crippen LogP contribution >= 0.6 is 0 Å². The molecule has 0 unspecified atom stereocenters. The quantitative estimate of drug-likeness (QED) is 0.400. The van der Waals surface area contributed by atoms with E-state index < -0.39 is 12.5 Å². The van der Waals surface area contributed by atoms with E-state index in [1.165, 1.54) is 42.9 Å². The minimum Gasteiger partial charge on any atom is -0.339 e. The molecule has 6 heteroatoms. The first kappa shape index (κ1) is 24.8. The number of hydrogen-bond acceptors (Lipinski definition) is 3. The van der Waals surface area contributed by atoms with Gasteiger partial charge in [0.2, 0.25) is 5.91 Å². The van der Waals surface area contributed by atoms with E-state index in [9.17, 15) is 13.6 Å². The van der Waals surface area contributed by atoms with Crippen molar-refractivity contribution in [2.45, 2.75) is 51.1 Å². The smallest absolute Gasteiger partial charge is 0.236 e. The predicted octanol–water partition coefficient (Wildman–Crippen LogP) is 4.91. The fourth-order valence-corrected chi connectivity index (χ4v) is 5.56. The summed E-state index contributed by atoms with van der Waals surface area (Å²) in [5.74, 6) is -0.330. The fourth-order valence-electron chi connectivity index (χ4n) is 5.56. The highest BCUT2D eigenvalue weighted by molar-refractivity contribution is 5.78. The van der Waals surface area contributed by atoms with Gasteiger partial charge in [0.05, 0.1) is 6.54 Å². The molecule has 0 aromatic heterocycles. The monoisotopic (exact) mass is 469 g/mol. The molecule has 1 amide bonds. The lowest BCUT2D eigenvalue weighted by Gasteiger charge is -2.39. The van der Waals surface area contributed by atoms with Crippen LogP contribution in [0.1, 0.15) is 48.8 Å². The molecule has 1 aromatic carbocycles. The Kier molecular flexibility index (Phi) is 8.68. The molecule has 3 aliphatic rings. The van der Waals surface area contributed by atoms with Crippen molar-refractivity contribution >= 4 is 11.5 Å². The van der Waals surface area contributed by atoms with Crippen molar-refractivity contribution in [2.24, 2.45) is 0 Å². The van der Waals surface area contributed by atoms with Gasteiger partial charge >= 0.3 is 0 Å². The number of alkyl halides is 1. The molecule has 4 rings (SSSR count). The van der Waals surface area contributed by atoms with Crippen LogP contribution < -0.4 is 0 Å². The molecule has 2 aliphatic heterocycles. The van der Waals surface area contributed by atoms with Crippen molar-refractivity contribution in [3.63, 3.8) is 0 Å². The lowest BCUT2D eigenvalue weighted by atomic mass is 9.93. The van der Waals surface area contributed by atoms with Crippen molar-refractivity contribution in [1.29, 1.82) is 0 Å². The van der Waals surface area contributed by atoms with Crippen LogP contribution in [0.4, 0.5) is 8.78 Å². The van der Waals surface area contributed by atoms with Gasteiger partial charge in [0.15, 0.2) is 0 Å². The van der Waals surface area contributed by atoms with Crippen LogP contribution in [0.2, 0.25) is 0 Å². The third-order valence-electron chi connectivity index (χ3n) is 7.48. The van der Waals surface area contributed by atoms with Crippen molar-refractivity contribution in [2.75, 3.05) is 45.9 Å². The van der Waals surface area contributed by atoms with Crippen molar-refractivity contribution in [1.82, 2.24) is 14.7 Å². The number of nitrogens with zero attached hydrogens (tertiary/aromatic N) is 3. The van der Waals surface area contributed by atoms with Crippen molar-refractivity contribution in [3.8, 4) is 0 Å². The number of allylic oxidation sites excluding steroid dienone is 5. The largest absolute Gasteiger partial charge is 0.339 e. The Morgan fingerprint density at radius 1 is 1.09 bits per heavy atom. The number of piperazine rings is 1. The summed E-state index contributed by atoms with van der Waals surface area (Å²) in [4.78, 5) is 19.8. The minimum atomic E-state index is -0.821. The van der Waals surface area contributed by atoms with Gasteiger partial charge in [-0.2, -0.15) is 0 Å². The summed E-state index contributed by atoms with van der Waals surface area (Å²) in [6.07, 6.45) is 10.8. The number of hydrogen-bond donors (Lipinski definition) is 0. The Bertz CT molecular complexity index is 928. The van der Waals surface area contributed by atoms with Crippen LogP contribution in [0.15, 0.2) is 48.8 Å². The molecule has 34 heavy (non-hydrogen) atoms. The SMILES string of the molecule is C=CC/C(=C\C(F)=C/CF)c1ccc2c(c1)CCN(CC(=O)N1CCN(C3CCCC3)CC1)C2. The van der Waals surface area contributed by atoms with E-state index in [-0.39, 0.29) is 5.91 Å². The standard InChI is InChI=1S/C28H37F2N3O/c1-2-5-22(19-26(30)10-12-29)23-8-9-25-20-31(13-11-24(25)18-23)21-28(34)33-16-14-32(15-17-33)27-6-3-4-7-27/h2,8-10,18-19,27H,1,3-7,11-17,20-21H2/b22-19+,26-10+. The molecule has 0 radical (unpaired) electrons. The van der Waals surface area contributed by atoms with Gasteiger partial charge in [-0.3, -0.25) is 14.6 Å². The molecule has 2 fully saturated rings. The lowest BCUT2D eigenvalue weighted by molar-refractivity contribution is -0.134. The van der Waals surface area contributed by atoms with E-state index in [2.05, 4.69) is 28.5 Å². The number of carbonyl (C=O) groups is 1. The fraction of sp³-hybridized carbons (Fsp3) is 0.536. The van der Waals surface area contributed by atoms with Crippen LogP contribution in [-0.4, -0.2) is 72.6 Å². The first-order valence-corrected chi connectivity index (χ1v) is 12.7. The molecular weight excluding hydrogens is 432 g/mol. The van der Waals surface area contributed by atoms with E-state index in [0.29, 0.717) is 13.0 Å². The van der Waals surface area contributed by atoms with E-state index in [1.54, 1.807) is 6.08 Å². The zero-order chi connectivity index (χ0) is 23.9. The Morgan fingerprint density at radius 3 is 2.56 bits per heavy atom. The second-order valence-corrected chi connectivity index (χ2v) is 9.70. The topological polar surface area (TPSA) is 26.8 Å². The summed E-state index contributed by atoms with van der Waals surface area (Å²) in [7, 11) is 0. The Morgan fingerprint density at radius 2 is 1.85 bits per heavy atom. The van der Waals surface area contributed by atoms with E-state index in [0.717, 1.165) is 68.9 Å². The predicted molar refractivity (Wildman–Crippen MR) is 134 cm³/mol. The average molecular weight is 470 g/mol. The molecule has 4 nitrogen and oxygen atoms in total. The number of benzene rings is 1. The van der Waals surface area contributed by atoms with Crippen molar-refractivity contribution in [3.05, 3.63) is 65.5 Å².